The summed E-state index contributed by atoms with van der Waals surface area (Å²) in [6.07, 6.45) is 7.64. The summed E-state index contributed by atoms with van der Waals surface area (Å²) >= 11 is 0. The number of aromatic hydroxyl groups is 1. The van der Waals surface area contributed by atoms with Gasteiger partial charge >= 0.3 is 0 Å². The summed E-state index contributed by atoms with van der Waals surface area (Å²) in [5.74, 6) is -0.459. The minimum atomic E-state index is -0.755. The van der Waals surface area contributed by atoms with E-state index in [9.17, 15) is 9.50 Å². The number of hydrogen-bond donors (Lipinski definition) is 4. The van der Waals surface area contributed by atoms with Crippen LogP contribution in [0.15, 0.2) is 53.9 Å². The van der Waals surface area contributed by atoms with Crippen LogP contribution < -0.4 is 21.5 Å². The first-order valence-corrected chi connectivity index (χ1v) is 13.4. The normalized spacial score (nSPS) is 20.7. The van der Waals surface area contributed by atoms with E-state index < -0.39 is 11.6 Å². The molecule has 0 radical (unpaired) electrons. The predicted molar refractivity (Wildman–Crippen MR) is 156 cm³/mol. The number of methoxy groups -OCH3 is 1. The molecule has 40 heavy (non-hydrogen) atoms. The zero-order chi connectivity index (χ0) is 28.8. The summed E-state index contributed by atoms with van der Waals surface area (Å²) in [6.45, 7) is 8.34. The van der Waals surface area contributed by atoms with Gasteiger partial charge in [-0.1, -0.05) is 20.8 Å². The van der Waals surface area contributed by atoms with Crippen LogP contribution in [0.5, 0.6) is 11.6 Å². The lowest BCUT2D eigenvalue weighted by Gasteiger charge is -2.39. The van der Waals surface area contributed by atoms with Gasteiger partial charge in [0.15, 0.2) is 11.6 Å². The van der Waals surface area contributed by atoms with Gasteiger partial charge in [0.1, 0.15) is 5.84 Å². The van der Waals surface area contributed by atoms with Gasteiger partial charge in [-0.05, 0) is 49.9 Å². The second kappa shape index (κ2) is 10.1. The number of aromatic nitrogens is 3. The molecule has 3 heterocycles. The average Bonchev–Trinajstić information content (AvgIpc) is 3.45. The van der Waals surface area contributed by atoms with Crippen molar-refractivity contribution >= 4 is 22.7 Å². The van der Waals surface area contributed by atoms with Crippen molar-refractivity contribution in [3.05, 3.63) is 65.9 Å². The number of fused-ring (bicyclic) bond motifs is 1. The fraction of sp³-hybridized carbons (Fsp3) is 0.367. The Bertz CT molecular complexity index is 1590. The zero-order valence-electron chi connectivity index (χ0n) is 23.5. The van der Waals surface area contributed by atoms with Gasteiger partial charge in [0, 0.05) is 52.6 Å². The van der Waals surface area contributed by atoms with E-state index in [1.165, 1.54) is 12.1 Å². The van der Waals surface area contributed by atoms with Crippen molar-refractivity contribution in [1.29, 1.82) is 0 Å². The monoisotopic (exact) mass is 545 g/mol. The number of anilines is 1. The first-order valence-electron chi connectivity index (χ1n) is 13.4. The molecule has 1 fully saturated rings. The SMILES string of the molecule is CCc1cc(O)c(F)cc1N=C(N)c1cnn2cc(-c3ccc(OC)nc3)cc2c1N[C@@H]1CCC(C)(N)C1(C)C. The fourth-order valence-corrected chi connectivity index (χ4v) is 5.36. The fourth-order valence-electron chi connectivity index (χ4n) is 5.36. The van der Waals surface area contributed by atoms with E-state index >= 15 is 0 Å². The van der Waals surface area contributed by atoms with Crippen molar-refractivity contribution in [2.75, 3.05) is 12.4 Å². The number of aryl methyl sites for hydroxylation is 1. The van der Waals surface area contributed by atoms with E-state index in [-0.39, 0.29) is 22.8 Å². The molecule has 4 aromatic rings. The number of aliphatic imine (C=N–C) groups is 1. The number of benzene rings is 1. The van der Waals surface area contributed by atoms with Crippen molar-refractivity contribution in [2.24, 2.45) is 21.9 Å². The maximum Gasteiger partial charge on any atom is 0.212 e. The highest BCUT2D eigenvalue weighted by atomic mass is 19.1. The number of nitrogens with one attached hydrogen (secondary N) is 1. The second-order valence-electron chi connectivity index (χ2n) is 11.2. The summed E-state index contributed by atoms with van der Waals surface area (Å²) in [6, 6.07) is 8.41. The zero-order valence-corrected chi connectivity index (χ0v) is 23.5. The molecule has 0 spiro atoms. The van der Waals surface area contributed by atoms with E-state index in [4.69, 9.17) is 16.2 Å². The number of phenolic OH excluding ortho intramolecular Hbond substituents is 1. The Kier molecular flexibility index (Phi) is 6.91. The molecule has 0 amide bonds. The summed E-state index contributed by atoms with van der Waals surface area (Å²) in [4.78, 5) is 8.94. The Morgan fingerprint density at radius 2 is 2.00 bits per heavy atom. The van der Waals surface area contributed by atoms with Crippen LogP contribution in [0.1, 0.15) is 51.7 Å². The summed E-state index contributed by atoms with van der Waals surface area (Å²) in [5.41, 5.74) is 17.7. The lowest BCUT2D eigenvalue weighted by Crippen LogP contribution is -2.51. The molecule has 2 atom stereocenters. The van der Waals surface area contributed by atoms with Gasteiger partial charge in [-0.2, -0.15) is 5.10 Å². The van der Waals surface area contributed by atoms with Crippen LogP contribution in [0.4, 0.5) is 15.8 Å². The first-order chi connectivity index (χ1) is 18.9. The Labute approximate surface area is 233 Å². The van der Waals surface area contributed by atoms with Crippen LogP contribution in [0.3, 0.4) is 0 Å². The van der Waals surface area contributed by atoms with Gasteiger partial charge in [0.2, 0.25) is 5.88 Å². The molecule has 1 aliphatic rings. The first kappa shape index (κ1) is 27.4. The standard InChI is InChI=1S/C30H36FN7O2/c1-6-17-12-24(39)21(31)13-22(17)36-28(32)20-15-35-38-16-19(18-7-8-26(40-5)34-14-18)11-23(38)27(20)37-25-9-10-30(4,33)29(25,2)3/h7-8,11-16,25,37,39H,6,9-10,33H2,1-5H3,(H2,32,36)/t25-,30?/m1/s1. The molecule has 0 bridgehead atoms. The number of amidine groups is 1. The van der Waals surface area contributed by atoms with Crippen molar-refractivity contribution in [3.8, 4) is 22.8 Å². The van der Waals surface area contributed by atoms with E-state index in [1.54, 1.807) is 24.0 Å². The number of rotatable bonds is 7. The van der Waals surface area contributed by atoms with Crippen LogP contribution in [0, 0.1) is 11.2 Å². The number of halogens is 1. The number of hydrogen-bond acceptors (Lipinski definition) is 7. The van der Waals surface area contributed by atoms with Crippen LogP contribution >= 0.6 is 0 Å². The Balaban J connectivity index is 1.65. The van der Waals surface area contributed by atoms with E-state index in [1.807, 2.05) is 31.3 Å². The molecule has 0 aliphatic heterocycles. The molecular weight excluding hydrogens is 509 g/mol. The topological polar surface area (TPSA) is 136 Å². The Hall–Kier alpha value is -4.18. The molecule has 9 nitrogen and oxygen atoms in total. The lowest BCUT2D eigenvalue weighted by atomic mass is 9.75. The number of nitrogens with zero attached hydrogens (tertiary/aromatic N) is 4. The van der Waals surface area contributed by atoms with E-state index in [0.29, 0.717) is 29.1 Å². The van der Waals surface area contributed by atoms with E-state index in [0.717, 1.165) is 35.2 Å². The summed E-state index contributed by atoms with van der Waals surface area (Å²) in [7, 11) is 1.58. The van der Waals surface area contributed by atoms with Gasteiger partial charge in [0.25, 0.3) is 0 Å². The number of pyridine rings is 1. The Morgan fingerprint density at radius 3 is 2.62 bits per heavy atom. The predicted octanol–water partition coefficient (Wildman–Crippen LogP) is 5.17. The average molecular weight is 546 g/mol. The highest BCUT2D eigenvalue weighted by Gasteiger charge is 2.49. The molecule has 0 saturated heterocycles. The van der Waals surface area contributed by atoms with Crippen LogP contribution in [-0.4, -0.2) is 44.2 Å². The molecule has 1 aromatic carbocycles. The van der Waals surface area contributed by atoms with Gasteiger partial charge in [0.05, 0.1) is 35.8 Å². The minimum Gasteiger partial charge on any atom is -0.505 e. The molecule has 210 valence electrons. The van der Waals surface area contributed by atoms with Gasteiger partial charge < -0.3 is 26.6 Å². The van der Waals surface area contributed by atoms with E-state index in [2.05, 4.69) is 41.2 Å². The molecule has 1 unspecified atom stereocenters. The van der Waals surface area contributed by atoms with Crippen molar-refractivity contribution in [1.82, 2.24) is 14.6 Å². The van der Waals surface area contributed by atoms with Crippen LogP contribution in [-0.2, 0) is 6.42 Å². The van der Waals surface area contributed by atoms with Gasteiger partial charge in [-0.15, -0.1) is 0 Å². The summed E-state index contributed by atoms with van der Waals surface area (Å²) < 4.78 is 21.3. The third-order valence-corrected chi connectivity index (χ3v) is 8.58. The lowest BCUT2D eigenvalue weighted by molar-refractivity contribution is 0.215. The largest absolute Gasteiger partial charge is 0.505 e. The summed E-state index contributed by atoms with van der Waals surface area (Å²) in [5, 5.41) is 18.2. The smallest absolute Gasteiger partial charge is 0.212 e. The maximum absolute atomic E-state index is 14.3. The van der Waals surface area contributed by atoms with Crippen molar-refractivity contribution in [2.45, 2.75) is 58.5 Å². The van der Waals surface area contributed by atoms with Crippen LogP contribution in [0.25, 0.3) is 16.6 Å². The molecule has 10 heteroatoms. The molecule has 5 rings (SSSR count). The minimum absolute atomic E-state index is 0.0542. The van der Waals surface area contributed by atoms with Gasteiger partial charge in [-0.3, -0.25) is 0 Å². The second-order valence-corrected chi connectivity index (χ2v) is 11.2. The van der Waals surface area contributed by atoms with Crippen molar-refractivity contribution in [3.63, 3.8) is 0 Å². The number of nitrogens with two attached hydrogens (primary N) is 2. The molecule has 3 aromatic heterocycles. The molecule has 1 aliphatic carbocycles. The van der Waals surface area contributed by atoms with Crippen molar-refractivity contribution < 1.29 is 14.2 Å². The third-order valence-electron chi connectivity index (χ3n) is 8.58. The van der Waals surface area contributed by atoms with Gasteiger partial charge in [-0.25, -0.2) is 18.9 Å². The highest BCUT2D eigenvalue weighted by Crippen LogP contribution is 2.46. The molecule has 6 N–H and O–H groups in total. The van der Waals surface area contributed by atoms with Crippen LogP contribution in [0.2, 0.25) is 0 Å². The highest BCUT2D eigenvalue weighted by molar-refractivity contribution is 6.06. The molecule has 1 saturated carbocycles. The maximum atomic E-state index is 14.3. The quantitative estimate of drug-likeness (QED) is 0.186. The number of ether oxygens (including phenoxy) is 1. The third kappa shape index (κ3) is 4.72. The molecular formula is C30H36FN7O2. The Morgan fingerprint density at radius 1 is 1.23 bits per heavy atom. The number of phenols is 1.